The SMILES string of the molecule is C=C(C)C(=O)OCC(O)C/C=C(\C)C(N)=O. The van der Waals surface area contributed by atoms with Crippen molar-refractivity contribution in [2.45, 2.75) is 26.4 Å². The van der Waals surface area contributed by atoms with Gasteiger partial charge in [-0.25, -0.2) is 4.79 Å². The number of rotatable bonds is 6. The van der Waals surface area contributed by atoms with Crippen molar-refractivity contribution in [2.24, 2.45) is 5.73 Å². The normalized spacial score (nSPS) is 13.1. The van der Waals surface area contributed by atoms with Gasteiger partial charge >= 0.3 is 5.97 Å². The first-order chi connectivity index (χ1) is 7.34. The Kier molecular flexibility index (Phi) is 6.10. The van der Waals surface area contributed by atoms with Crippen molar-refractivity contribution in [3.05, 3.63) is 23.8 Å². The highest BCUT2D eigenvalue weighted by atomic mass is 16.5. The monoisotopic (exact) mass is 227 g/mol. The first-order valence-corrected chi connectivity index (χ1v) is 4.81. The van der Waals surface area contributed by atoms with E-state index in [4.69, 9.17) is 10.5 Å². The molecule has 0 saturated carbocycles. The Bertz CT molecular complexity index is 320. The number of hydrogen-bond donors (Lipinski definition) is 2. The van der Waals surface area contributed by atoms with Crippen LogP contribution in [0.15, 0.2) is 23.8 Å². The van der Waals surface area contributed by atoms with Gasteiger partial charge in [-0.05, 0) is 20.3 Å². The predicted molar refractivity (Wildman–Crippen MR) is 59.3 cm³/mol. The maximum Gasteiger partial charge on any atom is 0.333 e. The third-order valence-electron chi connectivity index (χ3n) is 1.84. The molecular formula is C11H17NO4. The van der Waals surface area contributed by atoms with Gasteiger partial charge in [-0.15, -0.1) is 0 Å². The molecule has 5 nitrogen and oxygen atoms in total. The lowest BCUT2D eigenvalue weighted by Gasteiger charge is -2.09. The molecule has 0 radical (unpaired) electrons. The Hall–Kier alpha value is -1.62. The number of ether oxygens (including phenoxy) is 1. The molecule has 1 unspecified atom stereocenters. The van der Waals surface area contributed by atoms with Crippen LogP contribution in [0.25, 0.3) is 0 Å². The molecule has 0 aliphatic heterocycles. The fraction of sp³-hybridized carbons (Fsp3) is 0.455. The van der Waals surface area contributed by atoms with Crippen LogP contribution in [0.4, 0.5) is 0 Å². The van der Waals surface area contributed by atoms with Gasteiger partial charge in [0, 0.05) is 11.1 Å². The van der Waals surface area contributed by atoms with Crippen LogP contribution >= 0.6 is 0 Å². The lowest BCUT2D eigenvalue weighted by molar-refractivity contribution is -0.141. The molecule has 16 heavy (non-hydrogen) atoms. The second-order valence-corrected chi connectivity index (χ2v) is 3.52. The van der Waals surface area contributed by atoms with Gasteiger partial charge in [0.25, 0.3) is 0 Å². The average Bonchev–Trinajstić information content (AvgIpc) is 2.21. The molecule has 0 aromatic carbocycles. The highest BCUT2D eigenvalue weighted by Gasteiger charge is 2.08. The second-order valence-electron chi connectivity index (χ2n) is 3.52. The standard InChI is InChI=1S/C11H17NO4/c1-7(2)11(15)16-6-9(13)5-4-8(3)10(12)14/h4,9,13H,1,5-6H2,2-3H3,(H2,12,14)/b8-4+. The zero-order valence-corrected chi connectivity index (χ0v) is 9.53. The molecule has 0 aliphatic rings. The molecule has 1 amide bonds. The van der Waals surface area contributed by atoms with E-state index in [1.807, 2.05) is 0 Å². The Labute approximate surface area is 94.6 Å². The van der Waals surface area contributed by atoms with Crippen LogP contribution in [-0.2, 0) is 14.3 Å². The fourth-order valence-corrected chi connectivity index (χ4v) is 0.777. The molecular weight excluding hydrogens is 210 g/mol. The Morgan fingerprint density at radius 2 is 2.06 bits per heavy atom. The zero-order chi connectivity index (χ0) is 12.7. The van der Waals surface area contributed by atoms with Crippen LogP contribution in [0.5, 0.6) is 0 Å². The lowest BCUT2D eigenvalue weighted by atomic mass is 10.2. The zero-order valence-electron chi connectivity index (χ0n) is 9.53. The van der Waals surface area contributed by atoms with Crippen molar-refractivity contribution in [2.75, 3.05) is 6.61 Å². The van der Waals surface area contributed by atoms with Gasteiger partial charge in [-0.1, -0.05) is 12.7 Å². The fourth-order valence-electron chi connectivity index (χ4n) is 0.777. The number of carbonyl (C=O) groups is 2. The number of primary amides is 1. The molecule has 0 fully saturated rings. The van der Waals surface area contributed by atoms with Crippen molar-refractivity contribution >= 4 is 11.9 Å². The lowest BCUT2D eigenvalue weighted by Crippen LogP contribution is -2.19. The summed E-state index contributed by atoms with van der Waals surface area (Å²) in [5.74, 6) is -1.08. The minimum atomic E-state index is -0.849. The van der Waals surface area contributed by atoms with Crippen LogP contribution in [0, 0.1) is 0 Å². The molecule has 0 aromatic heterocycles. The number of nitrogens with two attached hydrogens (primary N) is 1. The van der Waals surface area contributed by atoms with E-state index in [1.54, 1.807) is 6.92 Å². The number of carbonyl (C=O) groups excluding carboxylic acids is 2. The van der Waals surface area contributed by atoms with Crippen LogP contribution in [0.2, 0.25) is 0 Å². The minimum absolute atomic E-state index is 0.131. The number of amides is 1. The predicted octanol–water partition coefficient (Wildman–Crippen LogP) is 0.288. The molecule has 3 N–H and O–H groups in total. The number of esters is 1. The van der Waals surface area contributed by atoms with Crippen molar-refractivity contribution in [3.63, 3.8) is 0 Å². The third kappa shape index (κ3) is 5.98. The summed E-state index contributed by atoms with van der Waals surface area (Å²) in [6.07, 6.45) is 0.859. The number of hydrogen-bond acceptors (Lipinski definition) is 4. The summed E-state index contributed by atoms with van der Waals surface area (Å²) in [7, 11) is 0. The van der Waals surface area contributed by atoms with Gasteiger partial charge in [-0.3, -0.25) is 4.79 Å². The van der Waals surface area contributed by atoms with Crippen LogP contribution in [-0.4, -0.2) is 29.7 Å². The summed E-state index contributed by atoms with van der Waals surface area (Å²) in [6.45, 7) is 6.34. The molecule has 0 heterocycles. The smallest absolute Gasteiger partial charge is 0.333 e. The van der Waals surface area contributed by atoms with E-state index in [0.717, 1.165) is 0 Å². The molecule has 0 rings (SSSR count). The van der Waals surface area contributed by atoms with Crippen LogP contribution in [0.1, 0.15) is 20.3 Å². The largest absolute Gasteiger partial charge is 0.460 e. The van der Waals surface area contributed by atoms with Gasteiger partial charge in [0.05, 0.1) is 6.10 Å². The molecule has 5 heteroatoms. The first-order valence-electron chi connectivity index (χ1n) is 4.81. The summed E-state index contributed by atoms with van der Waals surface area (Å²) in [5, 5.41) is 9.41. The van der Waals surface area contributed by atoms with E-state index >= 15 is 0 Å². The van der Waals surface area contributed by atoms with Crippen molar-refractivity contribution in [1.82, 2.24) is 0 Å². The Morgan fingerprint density at radius 3 is 2.50 bits per heavy atom. The van der Waals surface area contributed by atoms with Crippen LogP contribution < -0.4 is 5.73 Å². The van der Waals surface area contributed by atoms with Crippen molar-refractivity contribution in [3.8, 4) is 0 Å². The summed E-state index contributed by atoms with van der Waals surface area (Å²) in [4.78, 5) is 21.6. The molecule has 90 valence electrons. The second kappa shape index (κ2) is 6.79. The highest BCUT2D eigenvalue weighted by molar-refractivity contribution is 5.91. The van der Waals surface area contributed by atoms with Gasteiger partial charge in [0.2, 0.25) is 5.91 Å². The van der Waals surface area contributed by atoms with Crippen molar-refractivity contribution < 1.29 is 19.4 Å². The molecule has 0 saturated heterocycles. The van der Waals surface area contributed by atoms with Gasteiger partial charge in [-0.2, -0.15) is 0 Å². The summed E-state index contributed by atoms with van der Waals surface area (Å²) >= 11 is 0. The topological polar surface area (TPSA) is 89.6 Å². The molecule has 0 aliphatic carbocycles. The van der Waals surface area contributed by atoms with E-state index in [0.29, 0.717) is 5.57 Å². The van der Waals surface area contributed by atoms with Gasteiger partial charge < -0.3 is 15.6 Å². The van der Waals surface area contributed by atoms with Gasteiger partial charge in [0.15, 0.2) is 0 Å². The van der Waals surface area contributed by atoms with E-state index in [2.05, 4.69) is 6.58 Å². The summed E-state index contributed by atoms with van der Waals surface area (Å²) in [5.41, 5.74) is 5.64. The minimum Gasteiger partial charge on any atom is -0.460 e. The maximum absolute atomic E-state index is 11.0. The third-order valence-corrected chi connectivity index (χ3v) is 1.84. The molecule has 1 atom stereocenters. The van der Waals surface area contributed by atoms with Gasteiger partial charge in [0.1, 0.15) is 6.61 Å². The summed E-state index contributed by atoms with van der Waals surface area (Å²) < 4.78 is 4.72. The van der Waals surface area contributed by atoms with Crippen LogP contribution in [0.3, 0.4) is 0 Å². The Morgan fingerprint density at radius 1 is 1.50 bits per heavy atom. The number of aliphatic hydroxyl groups excluding tert-OH is 1. The van der Waals surface area contributed by atoms with E-state index in [1.165, 1.54) is 13.0 Å². The number of aliphatic hydroxyl groups is 1. The highest BCUT2D eigenvalue weighted by Crippen LogP contribution is 2.01. The van der Waals surface area contributed by atoms with E-state index < -0.39 is 18.0 Å². The quantitative estimate of drug-likeness (QED) is 0.504. The first kappa shape index (κ1) is 14.4. The van der Waals surface area contributed by atoms with E-state index in [9.17, 15) is 14.7 Å². The molecule has 0 bridgehead atoms. The van der Waals surface area contributed by atoms with Crippen molar-refractivity contribution in [1.29, 1.82) is 0 Å². The average molecular weight is 227 g/mol. The molecule has 0 spiro atoms. The maximum atomic E-state index is 11.0. The molecule has 0 aromatic rings. The summed E-state index contributed by atoms with van der Waals surface area (Å²) in [6, 6.07) is 0. The van der Waals surface area contributed by atoms with E-state index in [-0.39, 0.29) is 18.6 Å². The Balaban J connectivity index is 3.97.